The predicted molar refractivity (Wildman–Crippen MR) is 128 cm³/mol. The molecular formula is C27H37F3N2O4. The number of methoxy groups -OCH3 is 2. The van der Waals surface area contributed by atoms with Crippen molar-refractivity contribution >= 4 is 11.9 Å². The molecule has 0 spiro atoms. The molecule has 36 heavy (non-hydrogen) atoms. The van der Waals surface area contributed by atoms with Gasteiger partial charge in [0.15, 0.2) is 0 Å². The van der Waals surface area contributed by atoms with Crippen LogP contribution in [0.25, 0.3) is 0 Å². The summed E-state index contributed by atoms with van der Waals surface area (Å²) < 4.78 is 51.9. The monoisotopic (exact) mass is 510 g/mol. The Balaban J connectivity index is 1.52. The lowest BCUT2D eigenvalue weighted by Gasteiger charge is -2.51. The average molecular weight is 511 g/mol. The van der Waals surface area contributed by atoms with Crippen LogP contribution < -0.4 is 0 Å². The fraction of sp³-hybridized carbons (Fsp3) is 0.704. The van der Waals surface area contributed by atoms with E-state index in [2.05, 4.69) is 4.90 Å². The number of carbonyl (C=O) groups excluding carboxylic acids is 2. The Bertz CT molecular complexity index is 927. The van der Waals surface area contributed by atoms with Gasteiger partial charge in [-0.1, -0.05) is 36.8 Å². The minimum atomic E-state index is -4.94. The van der Waals surface area contributed by atoms with E-state index in [1.165, 1.54) is 7.11 Å². The van der Waals surface area contributed by atoms with Crippen LogP contribution in [-0.2, 0) is 19.1 Å². The van der Waals surface area contributed by atoms with E-state index in [1.807, 2.05) is 30.3 Å². The normalized spacial score (nSPS) is 25.9. The van der Waals surface area contributed by atoms with Crippen molar-refractivity contribution in [2.45, 2.75) is 69.6 Å². The zero-order chi connectivity index (χ0) is 26.1. The molecule has 3 aliphatic rings. The van der Waals surface area contributed by atoms with Crippen molar-refractivity contribution in [1.82, 2.24) is 9.80 Å². The van der Waals surface area contributed by atoms with Gasteiger partial charge >= 0.3 is 18.1 Å². The molecule has 1 aliphatic heterocycles. The standard InChI is InChI=1S/C27H37F3N2O4/c1-19(32(23(33)27(28,29)30)22-16-21(22)20-8-5-4-6-9-20)26(18-35-2)12-14-31(15-13-26)17-25(10-7-11-25)24(34)36-3/h4-6,8-9,19,21-22H,7,10-18H2,1-3H3/t19?,21-,22+/m0/s1. The van der Waals surface area contributed by atoms with Crippen LogP contribution >= 0.6 is 0 Å². The zero-order valence-electron chi connectivity index (χ0n) is 21.4. The molecule has 2 saturated carbocycles. The van der Waals surface area contributed by atoms with E-state index in [0.717, 1.165) is 29.7 Å². The highest BCUT2D eigenvalue weighted by Gasteiger charge is 2.57. The first-order chi connectivity index (χ1) is 17.1. The second-order valence-corrected chi connectivity index (χ2v) is 10.9. The van der Waals surface area contributed by atoms with E-state index >= 15 is 0 Å². The van der Waals surface area contributed by atoms with Crippen LogP contribution in [0.3, 0.4) is 0 Å². The molecule has 0 N–H and O–H groups in total. The summed E-state index contributed by atoms with van der Waals surface area (Å²) >= 11 is 0. The molecule has 1 amide bonds. The van der Waals surface area contributed by atoms with Crippen LogP contribution in [0.2, 0.25) is 0 Å². The molecule has 1 unspecified atom stereocenters. The first kappa shape index (κ1) is 26.9. The van der Waals surface area contributed by atoms with Gasteiger partial charge in [-0.05, 0) is 57.7 Å². The Morgan fingerprint density at radius 2 is 1.75 bits per heavy atom. The first-order valence-corrected chi connectivity index (χ1v) is 12.8. The Morgan fingerprint density at radius 1 is 1.11 bits per heavy atom. The lowest BCUT2D eigenvalue weighted by Crippen LogP contribution is -2.59. The summed E-state index contributed by atoms with van der Waals surface area (Å²) in [5, 5.41) is 0. The second kappa shape index (κ2) is 10.3. The molecule has 0 aromatic heterocycles. The maximum atomic E-state index is 13.8. The number of benzene rings is 1. The van der Waals surface area contributed by atoms with Gasteiger partial charge in [-0.25, -0.2) is 0 Å². The van der Waals surface area contributed by atoms with Crippen molar-refractivity contribution in [3.63, 3.8) is 0 Å². The van der Waals surface area contributed by atoms with Crippen molar-refractivity contribution in [1.29, 1.82) is 0 Å². The summed E-state index contributed by atoms with van der Waals surface area (Å²) in [7, 11) is 2.97. The number of ether oxygens (including phenoxy) is 2. The number of carbonyl (C=O) groups is 2. The molecule has 1 aromatic rings. The van der Waals surface area contributed by atoms with Crippen molar-refractivity contribution in [2.24, 2.45) is 10.8 Å². The fourth-order valence-corrected chi connectivity index (χ4v) is 6.40. The molecular weight excluding hydrogens is 473 g/mol. The largest absolute Gasteiger partial charge is 0.471 e. The molecule has 200 valence electrons. The molecule has 1 heterocycles. The highest BCUT2D eigenvalue weighted by Crippen LogP contribution is 2.50. The van der Waals surface area contributed by atoms with Gasteiger partial charge in [-0.3, -0.25) is 9.59 Å². The number of hydrogen-bond acceptors (Lipinski definition) is 5. The van der Waals surface area contributed by atoms with Crippen LogP contribution in [0, 0.1) is 10.8 Å². The van der Waals surface area contributed by atoms with Crippen molar-refractivity contribution in [3.8, 4) is 0 Å². The van der Waals surface area contributed by atoms with Gasteiger partial charge in [-0.2, -0.15) is 13.2 Å². The molecule has 1 saturated heterocycles. The van der Waals surface area contributed by atoms with E-state index < -0.39 is 35.0 Å². The molecule has 4 rings (SSSR count). The third-order valence-corrected chi connectivity index (χ3v) is 8.86. The van der Waals surface area contributed by atoms with Gasteiger partial charge in [0.05, 0.1) is 19.1 Å². The van der Waals surface area contributed by atoms with Gasteiger partial charge < -0.3 is 19.3 Å². The average Bonchev–Trinajstić information content (AvgIpc) is 3.62. The third kappa shape index (κ3) is 5.14. The quantitative estimate of drug-likeness (QED) is 0.461. The summed E-state index contributed by atoms with van der Waals surface area (Å²) in [4.78, 5) is 28.5. The van der Waals surface area contributed by atoms with Crippen molar-refractivity contribution < 1.29 is 32.2 Å². The van der Waals surface area contributed by atoms with Crippen molar-refractivity contribution in [3.05, 3.63) is 35.9 Å². The summed E-state index contributed by atoms with van der Waals surface area (Å²) in [6, 6.07) is 8.30. The number of nitrogens with zero attached hydrogens (tertiary/aromatic N) is 2. The zero-order valence-corrected chi connectivity index (χ0v) is 21.4. The molecule has 3 atom stereocenters. The maximum Gasteiger partial charge on any atom is 0.471 e. The van der Waals surface area contributed by atoms with Crippen LogP contribution in [0.1, 0.15) is 56.9 Å². The van der Waals surface area contributed by atoms with Gasteiger partial charge in [0.2, 0.25) is 0 Å². The molecule has 9 heteroatoms. The molecule has 3 fully saturated rings. The minimum absolute atomic E-state index is 0.0989. The van der Waals surface area contributed by atoms with Crippen LogP contribution in [-0.4, -0.2) is 80.4 Å². The number of amides is 1. The number of halogens is 3. The van der Waals surface area contributed by atoms with Gasteiger partial charge in [0.1, 0.15) is 0 Å². The number of rotatable bonds is 9. The Morgan fingerprint density at radius 3 is 2.25 bits per heavy atom. The van der Waals surface area contributed by atoms with Crippen LogP contribution in [0.15, 0.2) is 30.3 Å². The minimum Gasteiger partial charge on any atom is -0.469 e. The molecule has 6 nitrogen and oxygen atoms in total. The first-order valence-electron chi connectivity index (χ1n) is 12.8. The van der Waals surface area contributed by atoms with E-state index in [1.54, 1.807) is 14.0 Å². The Labute approximate surface area is 211 Å². The molecule has 0 bridgehead atoms. The van der Waals surface area contributed by atoms with Crippen molar-refractivity contribution in [2.75, 3.05) is 40.5 Å². The van der Waals surface area contributed by atoms with Gasteiger partial charge in [0.25, 0.3) is 0 Å². The Hall–Kier alpha value is -2.13. The predicted octanol–water partition coefficient (Wildman–Crippen LogP) is 4.39. The summed E-state index contributed by atoms with van der Waals surface area (Å²) in [6.07, 6.45) is -0.658. The number of piperidine rings is 1. The fourth-order valence-electron chi connectivity index (χ4n) is 6.40. The van der Waals surface area contributed by atoms with Gasteiger partial charge in [-0.15, -0.1) is 0 Å². The summed E-state index contributed by atoms with van der Waals surface area (Å²) in [5.74, 6) is -2.05. The number of hydrogen-bond donors (Lipinski definition) is 0. The van der Waals surface area contributed by atoms with E-state index in [9.17, 15) is 22.8 Å². The molecule has 0 radical (unpaired) electrons. The molecule has 1 aromatic carbocycles. The van der Waals surface area contributed by atoms with E-state index in [4.69, 9.17) is 9.47 Å². The lowest BCUT2D eigenvalue weighted by molar-refractivity contribution is -0.193. The summed E-state index contributed by atoms with van der Waals surface area (Å²) in [6.45, 7) is 3.89. The number of likely N-dealkylation sites (tertiary alicyclic amines) is 1. The second-order valence-electron chi connectivity index (χ2n) is 10.9. The summed E-state index contributed by atoms with van der Waals surface area (Å²) in [5.41, 5.74) is -0.121. The van der Waals surface area contributed by atoms with Crippen LogP contribution in [0.5, 0.6) is 0 Å². The number of esters is 1. The SMILES string of the molecule is COCC1(C(C)N(C(=O)C(F)(F)F)[C@@H]2C[C@H]2c2ccccc2)CCN(CC2(C(=O)OC)CCC2)CC1. The highest BCUT2D eigenvalue weighted by atomic mass is 19.4. The third-order valence-electron chi connectivity index (χ3n) is 8.86. The Kier molecular flexibility index (Phi) is 7.72. The molecule has 2 aliphatic carbocycles. The maximum absolute atomic E-state index is 13.8. The van der Waals surface area contributed by atoms with E-state index in [0.29, 0.717) is 38.9 Å². The topological polar surface area (TPSA) is 59.1 Å². The number of alkyl halides is 3. The lowest BCUT2D eigenvalue weighted by atomic mass is 9.67. The van der Waals surface area contributed by atoms with Crippen LogP contribution in [0.4, 0.5) is 13.2 Å². The van der Waals surface area contributed by atoms with E-state index in [-0.39, 0.29) is 18.5 Å². The van der Waals surface area contributed by atoms with Gasteiger partial charge in [0, 0.05) is 37.1 Å². The highest BCUT2D eigenvalue weighted by molar-refractivity contribution is 5.83. The smallest absolute Gasteiger partial charge is 0.469 e.